The van der Waals surface area contributed by atoms with Gasteiger partial charge >= 0.3 is 0 Å². The van der Waals surface area contributed by atoms with Crippen LogP contribution in [0.4, 0.5) is 0 Å². The Bertz CT molecular complexity index is 286. The number of hydrogen-bond donors (Lipinski definition) is 0. The fourth-order valence-electron chi connectivity index (χ4n) is 1.80. The maximum atomic E-state index is 4.06. The predicted molar refractivity (Wildman–Crippen MR) is 74.3 cm³/mol. The normalized spacial score (nSPS) is 10.9. The lowest BCUT2D eigenvalue weighted by molar-refractivity contribution is 0.586. The van der Waals surface area contributed by atoms with Crippen molar-refractivity contribution in [2.45, 2.75) is 63.4 Å². The molecule has 0 amide bonds. The lowest BCUT2D eigenvalue weighted by atomic mass is 10.1. The van der Waals surface area contributed by atoms with Crippen LogP contribution in [0.2, 0.25) is 0 Å². The van der Waals surface area contributed by atoms with E-state index in [4.69, 9.17) is 0 Å². The Balaban J connectivity index is 1.86. The van der Waals surface area contributed by atoms with E-state index >= 15 is 0 Å². The van der Waals surface area contributed by atoms with E-state index in [0.717, 1.165) is 5.16 Å². The fourth-order valence-corrected chi connectivity index (χ4v) is 2.69. The molecule has 0 spiro atoms. The average molecular weight is 255 g/mol. The summed E-state index contributed by atoms with van der Waals surface area (Å²) in [4.78, 5) is 0. The first-order valence-corrected chi connectivity index (χ1v) is 7.80. The average Bonchev–Trinajstić information content (AvgIpc) is 2.73. The van der Waals surface area contributed by atoms with Crippen LogP contribution in [0.25, 0.3) is 0 Å². The topological polar surface area (TPSA) is 30.7 Å². The van der Waals surface area contributed by atoms with E-state index in [2.05, 4.69) is 17.1 Å². The second kappa shape index (κ2) is 9.51. The lowest BCUT2D eigenvalue weighted by Gasteiger charge is -2.01. The zero-order chi connectivity index (χ0) is 12.3. The first-order valence-electron chi connectivity index (χ1n) is 6.81. The highest BCUT2D eigenvalue weighted by Crippen LogP contribution is 2.16. The zero-order valence-electron chi connectivity index (χ0n) is 11.2. The third kappa shape index (κ3) is 6.71. The zero-order valence-corrected chi connectivity index (χ0v) is 12.0. The highest BCUT2D eigenvalue weighted by Gasteiger charge is 2.00. The number of aryl methyl sites for hydroxylation is 1. The maximum Gasteiger partial charge on any atom is 0.190 e. The first kappa shape index (κ1) is 14.6. The van der Waals surface area contributed by atoms with E-state index in [0.29, 0.717) is 0 Å². The number of hydrogen-bond acceptors (Lipinski definition) is 3. The van der Waals surface area contributed by atoms with E-state index in [1.54, 1.807) is 6.33 Å². The Morgan fingerprint density at radius 1 is 1.06 bits per heavy atom. The Kier molecular flexibility index (Phi) is 8.14. The summed E-state index contributed by atoms with van der Waals surface area (Å²) in [6.45, 7) is 2.27. The number of thioether (sulfide) groups is 1. The molecule has 0 aliphatic heterocycles. The molecule has 1 heterocycles. The van der Waals surface area contributed by atoms with Gasteiger partial charge in [-0.1, -0.05) is 63.6 Å². The Hall–Kier alpha value is -0.510. The molecular formula is C13H25N3S. The van der Waals surface area contributed by atoms with Gasteiger partial charge in [0, 0.05) is 12.8 Å². The number of aromatic nitrogens is 3. The minimum absolute atomic E-state index is 1.04. The van der Waals surface area contributed by atoms with E-state index in [1.807, 2.05) is 23.4 Å². The summed E-state index contributed by atoms with van der Waals surface area (Å²) in [5.74, 6) is 1.17. The Labute approximate surface area is 109 Å². The molecule has 1 rings (SSSR count). The third-order valence-electron chi connectivity index (χ3n) is 2.90. The Morgan fingerprint density at radius 3 is 2.29 bits per heavy atom. The van der Waals surface area contributed by atoms with Gasteiger partial charge in [-0.05, 0) is 6.42 Å². The SMILES string of the molecule is CCCCCCCCCCSc1nncn1C. The van der Waals surface area contributed by atoms with Gasteiger partial charge in [0.2, 0.25) is 0 Å². The van der Waals surface area contributed by atoms with E-state index in [-0.39, 0.29) is 0 Å². The van der Waals surface area contributed by atoms with Crippen molar-refractivity contribution in [3.8, 4) is 0 Å². The van der Waals surface area contributed by atoms with Gasteiger partial charge in [-0.3, -0.25) is 0 Å². The molecule has 1 aromatic rings. The molecule has 0 fully saturated rings. The van der Waals surface area contributed by atoms with E-state index < -0.39 is 0 Å². The summed E-state index contributed by atoms with van der Waals surface area (Å²) < 4.78 is 1.98. The minimum atomic E-state index is 1.04. The molecule has 0 aromatic carbocycles. The molecule has 0 unspecified atom stereocenters. The second-order valence-corrected chi connectivity index (χ2v) is 5.61. The Morgan fingerprint density at radius 2 is 1.71 bits per heavy atom. The molecular weight excluding hydrogens is 230 g/mol. The molecule has 4 heteroatoms. The molecule has 1 aromatic heterocycles. The molecule has 0 atom stereocenters. The van der Waals surface area contributed by atoms with Crippen LogP contribution in [0.1, 0.15) is 58.3 Å². The summed E-state index contributed by atoms with van der Waals surface area (Å²) in [5, 5.41) is 8.97. The van der Waals surface area contributed by atoms with Gasteiger partial charge in [0.15, 0.2) is 5.16 Å². The van der Waals surface area contributed by atoms with Gasteiger partial charge in [0.1, 0.15) is 6.33 Å². The van der Waals surface area contributed by atoms with Gasteiger partial charge < -0.3 is 4.57 Å². The van der Waals surface area contributed by atoms with Crippen molar-refractivity contribution >= 4 is 11.8 Å². The first-order chi connectivity index (χ1) is 8.34. The van der Waals surface area contributed by atoms with Gasteiger partial charge in [0.25, 0.3) is 0 Å². The number of nitrogens with zero attached hydrogens (tertiary/aromatic N) is 3. The quantitative estimate of drug-likeness (QED) is 0.467. The van der Waals surface area contributed by atoms with Gasteiger partial charge in [-0.2, -0.15) is 0 Å². The molecule has 3 nitrogen and oxygen atoms in total. The van der Waals surface area contributed by atoms with Crippen molar-refractivity contribution < 1.29 is 0 Å². The number of rotatable bonds is 10. The predicted octanol–water partition coefficient (Wildman–Crippen LogP) is 4.05. The summed E-state index contributed by atoms with van der Waals surface area (Å²) in [6.07, 6.45) is 12.8. The molecule has 17 heavy (non-hydrogen) atoms. The van der Waals surface area contributed by atoms with Crippen molar-refractivity contribution in [1.29, 1.82) is 0 Å². The van der Waals surface area contributed by atoms with Crippen LogP contribution in [0, 0.1) is 0 Å². The van der Waals surface area contributed by atoms with Crippen molar-refractivity contribution in [1.82, 2.24) is 14.8 Å². The highest BCUT2D eigenvalue weighted by molar-refractivity contribution is 7.99. The summed E-state index contributed by atoms with van der Waals surface area (Å²) >= 11 is 1.81. The molecule has 0 radical (unpaired) electrons. The van der Waals surface area contributed by atoms with Crippen LogP contribution >= 0.6 is 11.8 Å². The van der Waals surface area contributed by atoms with Crippen LogP contribution in [-0.2, 0) is 7.05 Å². The van der Waals surface area contributed by atoms with Crippen molar-refractivity contribution in [2.24, 2.45) is 7.05 Å². The lowest BCUT2D eigenvalue weighted by Crippen LogP contribution is -1.90. The van der Waals surface area contributed by atoms with Gasteiger partial charge in [-0.25, -0.2) is 0 Å². The number of unbranched alkanes of at least 4 members (excludes halogenated alkanes) is 7. The summed E-state index contributed by atoms with van der Waals surface area (Å²) in [6, 6.07) is 0. The largest absolute Gasteiger partial charge is 0.312 e. The maximum absolute atomic E-state index is 4.06. The van der Waals surface area contributed by atoms with Crippen LogP contribution < -0.4 is 0 Å². The summed E-state index contributed by atoms with van der Waals surface area (Å²) in [7, 11) is 2.00. The van der Waals surface area contributed by atoms with Gasteiger partial charge in [-0.15, -0.1) is 10.2 Å². The second-order valence-electron chi connectivity index (χ2n) is 4.55. The van der Waals surface area contributed by atoms with Crippen molar-refractivity contribution in [2.75, 3.05) is 5.75 Å². The van der Waals surface area contributed by atoms with Crippen molar-refractivity contribution in [3.63, 3.8) is 0 Å². The van der Waals surface area contributed by atoms with Crippen molar-refractivity contribution in [3.05, 3.63) is 6.33 Å². The fraction of sp³-hybridized carbons (Fsp3) is 0.846. The van der Waals surface area contributed by atoms with Crippen LogP contribution in [0.5, 0.6) is 0 Å². The smallest absolute Gasteiger partial charge is 0.190 e. The highest BCUT2D eigenvalue weighted by atomic mass is 32.2. The molecule has 0 N–H and O–H groups in total. The molecule has 98 valence electrons. The molecule has 0 aliphatic carbocycles. The van der Waals surface area contributed by atoms with Gasteiger partial charge in [0.05, 0.1) is 0 Å². The van der Waals surface area contributed by atoms with E-state index in [9.17, 15) is 0 Å². The third-order valence-corrected chi connectivity index (χ3v) is 4.02. The standard InChI is InChI=1S/C13H25N3S/c1-3-4-5-6-7-8-9-10-11-17-13-15-14-12-16(13)2/h12H,3-11H2,1-2H3. The van der Waals surface area contributed by atoms with Crippen LogP contribution in [0.15, 0.2) is 11.5 Å². The molecule has 0 saturated heterocycles. The van der Waals surface area contributed by atoms with Crippen LogP contribution in [0.3, 0.4) is 0 Å². The minimum Gasteiger partial charge on any atom is -0.312 e. The van der Waals surface area contributed by atoms with Crippen LogP contribution in [-0.4, -0.2) is 20.5 Å². The van der Waals surface area contributed by atoms with E-state index in [1.165, 1.54) is 57.1 Å². The molecule has 0 bridgehead atoms. The summed E-state index contributed by atoms with van der Waals surface area (Å²) in [5.41, 5.74) is 0. The molecule has 0 saturated carbocycles. The molecule has 0 aliphatic rings. The monoisotopic (exact) mass is 255 g/mol.